The number of likely N-dealkylation sites (tertiary alicyclic amines) is 1. The largest absolute Gasteiger partial charge is 0.493 e. The van der Waals surface area contributed by atoms with Crippen LogP contribution in [0.25, 0.3) is 0 Å². The number of methoxy groups -OCH3 is 1. The number of nitrogens with one attached hydrogen (secondary N) is 1. The van der Waals surface area contributed by atoms with Crippen LogP contribution in [0.15, 0.2) is 30.3 Å². The molecule has 1 saturated heterocycles. The smallest absolute Gasteiger partial charge is 0.229 e. The molecule has 1 N–H and O–H groups in total. The molecule has 2 amide bonds. The van der Waals surface area contributed by atoms with Gasteiger partial charge in [0.2, 0.25) is 11.8 Å². The van der Waals surface area contributed by atoms with Crippen LogP contribution in [0.1, 0.15) is 42.0 Å². The Labute approximate surface area is 185 Å². The summed E-state index contributed by atoms with van der Waals surface area (Å²) in [5.74, 6) is 0.496. The third kappa shape index (κ3) is 4.52. The van der Waals surface area contributed by atoms with Crippen molar-refractivity contribution in [3.05, 3.63) is 57.9 Å². The van der Waals surface area contributed by atoms with Gasteiger partial charge in [-0.3, -0.25) is 14.5 Å². The maximum atomic E-state index is 14.2. The second-order valence-electron chi connectivity index (χ2n) is 7.67. The van der Waals surface area contributed by atoms with E-state index in [0.29, 0.717) is 30.0 Å². The molecule has 2 aromatic carbocycles. The van der Waals surface area contributed by atoms with E-state index in [1.807, 2.05) is 24.3 Å². The number of rotatable bonds is 8. The third-order valence-electron chi connectivity index (χ3n) is 5.80. The van der Waals surface area contributed by atoms with E-state index in [1.54, 1.807) is 13.2 Å². The molecule has 0 unspecified atom stereocenters. The molecule has 31 heavy (non-hydrogen) atoms. The first-order chi connectivity index (χ1) is 15.0. The van der Waals surface area contributed by atoms with Gasteiger partial charge in [-0.2, -0.15) is 0 Å². The van der Waals surface area contributed by atoms with Gasteiger partial charge < -0.3 is 14.8 Å². The number of ether oxygens (including phenoxy) is 2. The molecule has 1 atom stereocenters. The second kappa shape index (κ2) is 9.24. The minimum absolute atomic E-state index is 0.0687. The first kappa shape index (κ1) is 21.6. The first-order valence-corrected chi connectivity index (χ1v) is 10.7. The van der Waals surface area contributed by atoms with Gasteiger partial charge in [0.05, 0.1) is 18.7 Å². The number of nitrogens with zero attached hydrogens (tertiary/aromatic N) is 1. The molecule has 2 aromatic rings. The van der Waals surface area contributed by atoms with Gasteiger partial charge >= 0.3 is 0 Å². The maximum absolute atomic E-state index is 14.2. The summed E-state index contributed by atoms with van der Waals surface area (Å²) in [5, 5.41) is 3.64. The fourth-order valence-corrected chi connectivity index (χ4v) is 4.32. The number of carbonyl (C=O) groups excluding carboxylic acids is 2. The highest BCUT2D eigenvalue weighted by Crippen LogP contribution is 2.36. The highest BCUT2D eigenvalue weighted by atomic mass is 35.5. The van der Waals surface area contributed by atoms with Crippen LogP contribution in [0.4, 0.5) is 4.39 Å². The van der Waals surface area contributed by atoms with Crippen LogP contribution in [0, 0.1) is 5.82 Å². The van der Waals surface area contributed by atoms with E-state index in [2.05, 4.69) is 5.32 Å². The van der Waals surface area contributed by atoms with E-state index in [4.69, 9.17) is 21.1 Å². The number of halogens is 2. The van der Waals surface area contributed by atoms with Crippen molar-refractivity contribution in [2.75, 3.05) is 20.3 Å². The molecule has 1 heterocycles. The number of fused-ring (bicyclic) bond motifs is 1. The summed E-state index contributed by atoms with van der Waals surface area (Å²) in [4.78, 5) is 24.6. The van der Waals surface area contributed by atoms with Crippen molar-refractivity contribution in [3.63, 3.8) is 0 Å². The first-order valence-electron chi connectivity index (χ1n) is 10.3. The van der Waals surface area contributed by atoms with E-state index in [1.165, 1.54) is 4.90 Å². The third-order valence-corrected chi connectivity index (χ3v) is 6.09. The molecule has 4 rings (SSSR count). The second-order valence-corrected chi connectivity index (χ2v) is 8.08. The fourth-order valence-electron chi connectivity index (χ4n) is 4.15. The number of benzene rings is 2. The van der Waals surface area contributed by atoms with Crippen molar-refractivity contribution in [2.24, 2.45) is 0 Å². The Bertz CT molecular complexity index is 997. The normalized spacial score (nSPS) is 17.9. The molecule has 1 aliphatic carbocycles. The summed E-state index contributed by atoms with van der Waals surface area (Å²) in [6.45, 7) is 1.02. The van der Waals surface area contributed by atoms with Crippen LogP contribution in [0.5, 0.6) is 11.5 Å². The molecule has 0 saturated carbocycles. The zero-order valence-corrected chi connectivity index (χ0v) is 18.0. The van der Waals surface area contributed by atoms with Gasteiger partial charge in [-0.1, -0.05) is 23.7 Å². The van der Waals surface area contributed by atoms with Crippen molar-refractivity contribution >= 4 is 23.4 Å². The lowest BCUT2D eigenvalue weighted by Crippen LogP contribution is -2.33. The Morgan fingerprint density at radius 1 is 1.13 bits per heavy atom. The average molecular weight is 447 g/mol. The molecular weight excluding hydrogens is 423 g/mol. The highest BCUT2D eigenvalue weighted by molar-refractivity contribution is 6.30. The van der Waals surface area contributed by atoms with Gasteiger partial charge in [-0.15, -0.1) is 0 Å². The lowest BCUT2D eigenvalue weighted by atomic mass is 10.1. The van der Waals surface area contributed by atoms with Gasteiger partial charge in [0.1, 0.15) is 12.4 Å². The van der Waals surface area contributed by atoms with Crippen molar-refractivity contribution in [1.82, 2.24) is 10.2 Å². The Morgan fingerprint density at radius 3 is 2.65 bits per heavy atom. The highest BCUT2D eigenvalue weighted by Gasteiger charge is 2.28. The summed E-state index contributed by atoms with van der Waals surface area (Å²) < 4.78 is 25.4. The fraction of sp³-hybridized carbons (Fsp3) is 0.391. The SMILES string of the molecule is COc1cc(CN[C@H]2CCc3c2ccc(Cl)c3F)ccc1OCCN1C(=O)CCC1=O. The molecule has 2 aliphatic rings. The van der Waals surface area contributed by atoms with Crippen LogP contribution in [-0.4, -0.2) is 37.0 Å². The van der Waals surface area contributed by atoms with Crippen molar-refractivity contribution in [2.45, 2.75) is 38.3 Å². The molecule has 1 fully saturated rings. The van der Waals surface area contributed by atoms with Gasteiger partial charge in [0, 0.05) is 25.4 Å². The predicted octanol–water partition coefficient (Wildman–Crippen LogP) is 3.79. The molecule has 8 heteroatoms. The maximum Gasteiger partial charge on any atom is 0.229 e. The van der Waals surface area contributed by atoms with Crippen molar-refractivity contribution < 1.29 is 23.5 Å². The molecule has 0 radical (unpaired) electrons. The molecule has 1 aliphatic heterocycles. The average Bonchev–Trinajstić information content (AvgIpc) is 3.33. The molecule has 0 spiro atoms. The predicted molar refractivity (Wildman–Crippen MR) is 114 cm³/mol. The number of imide groups is 1. The summed E-state index contributed by atoms with van der Waals surface area (Å²) in [5.41, 5.74) is 2.65. The van der Waals surface area contributed by atoms with E-state index in [0.717, 1.165) is 17.5 Å². The van der Waals surface area contributed by atoms with Crippen LogP contribution < -0.4 is 14.8 Å². The van der Waals surface area contributed by atoms with Crippen LogP contribution in [0.2, 0.25) is 5.02 Å². The topological polar surface area (TPSA) is 67.9 Å². The van der Waals surface area contributed by atoms with Gasteiger partial charge in [-0.05, 0) is 47.7 Å². The quantitative estimate of drug-likeness (QED) is 0.625. The minimum atomic E-state index is -0.316. The van der Waals surface area contributed by atoms with Crippen LogP contribution in [-0.2, 0) is 22.6 Å². The lowest BCUT2D eigenvalue weighted by molar-refractivity contribution is -0.138. The van der Waals surface area contributed by atoms with Crippen LogP contribution >= 0.6 is 11.6 Å². The summed E-state index contributed by atoms with van der Waals surface area (Å²) >= 11 is 5.89. The van der Waals surface area contributed by atoms with Gasteiger partial charge in [-0.25, -0.2) is 4.39 Å². The molecule has 0 bridgehead atoms. The molecule has 0 aromatic heterocycles. The van der Waals surface area contributed by atoms with Gasteiger partial charge in [0.25, 0.3) is 0 Å². The Balaban J connectivity index is 1.35. The van der Waals surface area contributed by atoms with E-state index in [-0.39, 0.29) is 54.7 Å². The Kier molecular flexibility index (Phi) is 6.43. The van der Waals surface area contributed by atoms with E-state index >= 15 is 0 Å². The van der Waals surface area contributed by atoms with Gasteiger partial charge in [0.15, 0.2) is 11.5 Å². The lowest BCUT2D eigenvalue weighted by Gasteiger charge is -2.17. The zero-order chi connectivity index (χ0) is 22.0. The monoisotopic (exact) mass is 446 g/mol. The number of hydrogen-bond acceptors (Lipinski definition) is 5. The summed E-state index contributed by atoms with van der Waals surface area (Å²) in [6, 6.07) is 9.18. The van der Waals surface area contributed by atoms with Crippen molar-refractivity contribution in [1.29, 1.82) is 0 Å². The molecule has 6 nitrogen and oxygen atoms in total. The number of hydrogen-bond donors (Lipinski definition) is 1. The molecular formula is C23H24ClFN2O4. The zero-order valence-electron chi connectivity index (χ0n) is 17.2. The standard InChI is InChI=1S/C23H24ClFN2O4/c1-30-20-12-14(2-7-19(20)31-11-10-27-21(28)8-9-22(27)29)13-26-18-6-4-16-15(18)3-5-17(24)23(16)25/h2-3,5,7,12,18,26H,4,6,8-11,13H2,1H3/t18-/m0/s1. The molecule has 164 valence electrons. The summed E-state index contributed by atoms with van der Waals surface area (Å²) in [6.07, 6.45) is 2.03. The number of carbonyl (C=O) groups is 2. The Hall–Kier alpha value is -2.64. The van der Waals surface area contributed by atoms with Crippen molar-refractivity contribution in [3.8, 4) is 11.5 Å². The minimum Gasteiger partial charge on any atom is -0.493 e. The Morgan fingerprint density at radius 2 is 1.90 bits per heavy atom. The summed E-state index contributed by atoms with van der Waals surface area (Å²) in [7, 11) is 1.56. The van der Waals surface area contributed by atoms with E-state index < -0.39 is 0 Å². The van der Waals surface area contributed by atoms with Crippen LogP contribution in [0.3, 0.4) is 0 Å². The number of amides is 2. The van der Waals surface area contributed by atoms with E-state index in [9.17, 15) is 14.0 Å².